The quantitative estimate of drug-likeness (QED) is 0.662. The molecular formula is C7H6N2O2S. The lowest BCUT2D eigenvalue weighted by Gasteiger charge is -1.90. The Kier molecular flexibility index (Phi) is 1.41. The van der Waals surface area contributed by atoms with Crippen molar-refractivity contribution in [2.45, 2.75) is 6.92 Å². The lowest BCUT2D eigenvalue weighted by molar-refractivity contribution is 0.0938. The zero-order valence-corrected chi connectivity index (χ0v) is 7.14. The Morgan fingerprint density at radius 2 is 2.42 bits per heavy atom. The molecule has 0 fully saturated rings. The zero-order valence-electron chi connectivity index (χ0n) is 6.33. The number of carbonyl (C=O) groups excluding carboxylic acids is 1. The highest BCUT2D eigenvalue weighted by Gasteiger charge is 2.09. The van der Waals surface area contributed by atoms with Crippen LogP contribution in [0.2, 0.25) is 0 Å². The number of nitrogens with one attached hydrogen (secondary N) is 1. The molecule has 0 aliphatic carbocycles. The molecule has 0 atom stereocenters. The second kappa shape index (κ2) is 2.31. The van der Waals surface area contributed by atoms with E-state index in [1.165, 1.54) is 18.3 Å². The van der Waals surface area contributed by atoms with Crippen molar-refractivity contribution in [1.82, 2.24) is 9.55 Å². The van der Waals surface area contributed by atoms with E-state index in [2.05, 4.69) is 4.98 Å². The fraction of sp³-hybridized carbons (Fsp3) is 0.143. The van der Waals surface area contributed by atoms with Gasteiger partial charge in [0.2, 0.25) is 5.91 Å². The molecule has 12 heavy (non-hydrogen) atoms. The van der Waals surface area contributed by atoms with Crippen LogP contribution < -0.4 is 5.69 Å². The first-order chi connectivity index (χ1) is 5.70. The lowest BCUT2D eigenvalue weighted by atomic mass is 10.6. The summed E-state index contributed by atoms with van der Waals surface area (Å²) in [5.41, 5.74) is 0.365. The van der Waals surface area contributed by atoms with Crippen molar-refractivity contribution in [2.75, 3.05) is 0 Å². The molecule has 4 nitrogen and oxygen atoms in total. The number of imidazole rings is 1. The van der Waals surface area contributed by atoms with Gasteiger partial charge in [-0.1, -0.05) is 0 Å². The van der Waals surface area contributed by atoms with Gasteiger partial charge < -0.3 is 4.98 Å². The molecule has 0 aliphatic rings. The van der Waals surface area contributed by atoms with Crippen molar-refractivity contribution in [3.05, 3.63) is 21.9 Å². The van der Waals surface area contributed by atoms with Crippen LogP contribution in [0.1, 0.15) is 11.7 Å². The molecule has 0 bridgehead atoms. The van der Waals surface area contributed by atoms with Crippen LogP contribution in [0.5, 0.6) is 0 Å². The first kappa shape index (κ1) is 7.30. The highest BCUT2D eigenvalue weighted by atomic mass is 32.1. The van der Waals surface area contributed by atoms with Gasteiger partial charge in [0.15, 0.2) is 0 Å². The minimum atomic E-state index is -0.357. The summed E-state index contributed by atoms with van der Waals surface area (Å²) in [6.45, 7) is 1.37. The van der Waals surface area contributed by atoms with Gasteiger partial charge in [0.25, 0.3) is 0 Å². The van der Waals surface area contributed by atoms with Crippen LogP contribution in [0, 0.1) is 0 Å². The summed E-state index contributed by atoms with van der Waals surface area (Å²) in [5, 5.41) is 1.83. The molecule has 2 aromatic heterocycles. The number of carbonyl (C=O) groups is 1. The molecule has 0 radical (unpaired) electrons. The largest absolute Gasteiger partial charge is 0.334 e. The van der Waals surface area contributed by atoms with E-state index in [-0.39, 0.29) is 11.6 Å². The van der Waals surface area contributed by atoms with Crippen molar-refractivity contribution in [3.63, 3.8) is 0 Å². The number of aromatic nitrogens is 2. The number of hydrogen-bond acceptors (Lipinski definition) is 3. The molecule has 2 aromatic rings. The molecule has 62 valence electrons. The van der Waals surface area contributed by atoms with Gasteiger partial charge in [-0.2, -0.15) is 0 Å². The van der Waals surface area contributed by atoms with Gasteiger partial charge in [0.1, 0.15) is 4.83 Å². The van der Waals surface area contributed by atoms with Crippen LogP contribution in [0.15, 0.2) is 16.2 Å². The average Bonchev–Trinajstić information content (AvgIpc) is 2.44. The maximum absolute atomic E-state index is 11.1. The van der Waals surface area contributed by atoms with Gasteiger partial charge in [-0.05, 0) is 11.4 Å². The Balaban J connectivity index is 2.94. The number of rotatable bonds is 0. The summed E-state index contributed by atoms with van der Waals surface area (Å²) in [6.07, 6.45) is 0. The van der Waals surface area contributed by atoms with Crippen molar-refractivity contribution in [1.29, 1.82) is 0 Å². The molecule has 0 unspecified atom stereocenters. The predicted octanol–water partition coefficient (Wildman–Crippen LogP) is 1.05. The summed E-state index contributed by atoms with van der Waals surface area (Å²) in [5.74, 6) is -0.256. The summed E-state index contributed by atoms with van der Waals surface area (Å²) in [4.78, 5) is 25.4. The van der Waals surface area contributed by atoms with Gasteiger partial charge in [-0.15, -0.1) is 11.3 Å². The van der Waals surface area contributed by atoms with Crippen LogP contribution in [0.4, 0.5) is 0 Å². The molecule has 1 N–H and O–H groups in total. The van der Waals surface area contributed by atoms with Crippen LogP contribution >= 0.6 is 11.3 Å². The molecule has 5 heteroatoms. The molecule has 0 aliphatic heterocycles. The molecule has 0 aromatic carbocycles. The van der Waals surface area contributed by atoms with Gasteiger partial charge in [-0.3, -0.25) is 4.79 Å². The highest BCUT2D eigenvalue weighted by Crippen LogP contribution is 2.16. The third-order valence-corrected chi connectivity index (χ3v) is 2.51. The first-order valence-electron chi connectivity index (χ1n) is 3.39. The third kappa shape index (κ3) is 0.831. The van der Waals surface area contributed by atoms with E-state index in [1.807, 2.05) is 5.38 Å². The Hall–Kier alpha value is -1.36. The summed E-state index contributed by atoms with van der Waals surface area (Å²) >= 11 is 1.37. The predicted molar refractivity (Wildman–Crippen MR) is 46.7 cm³/mol. The smallest absolute Gasteiger partial charge is 0.304 e. The number of aromatic amines is 1. The van der Waals surface area contributed by atoms with Crippen LogP contribution in [0.3, 0.4) is 0 Å². The SMILES string of the molecule is CC(=O)n1c(=O)[nH]c2ccsc21. The molecule has 0 spiro atoms. The van der Waals surface area contributed by atoms with Gasteiger partial charge in [-0.25, -0.2) is 9.36 Å². The van der Waals surface area contributed by atoms with E-state index in [9.17, 15) is 9.59 Å². The van der Waals surface area contributed by atoms with Crippen molar-refractivity contribution in [2.24, 2.45) is 0 Å². The second-order valence-corrected chi connectivity index (χ2v) is 3.32. The summed E-state index contributed by atoms with van der Waals surface area (Å²) in [7, 11) is 0. The Labute approximate surface area is 71.4 Å². The highest BCUT2D eigenvalue weighted by molar-refractivity contribution is 7.16. The van der Waals surface area contributed by atoms with Crippen LogP contribution in [-0.2, 0) is 0 Å². The fourth-order valence-corrected chi connectivity index (χ4v) is 2.01. The van der Waals surface area contributed by atoms with Gasteiger partial charge >= 0.3 is 5.69 Å². The molecule has 0 amide bonds. The van der Waals surface area contributed by atoms with E-state index in [0.717, 1.165) is 10.1 Å². The molecule has 2 heterocycles. The van der Waals surface area contributed by atoms with Crippen molar-refractivity contribution in [3.8, 4) is 0 Å². The van der Waals surface area contributed by atoms with Crippen molar-refractivity contribution < 1.29 is 4.79 Å². The van der Waals surface area contributed by atoms with Gasteiger partial charge in [0.05, 0.1) is 5.52 Å². The van der Waals surface area contributed by atoms with E-state index >= 15 is 0 Å². The standard InChI is InChI=1S/C7H6N2O2S/c1-4(10)9-6-5(2-3-12-6)8-7(9)11/h2-3H,1H3,(H,8,11). The zero-order chi connectivity index (χ0) is 8.72. The average molecular weight is 182 g/mol. The Bertz CT molecular complexity index is 491. The topological polar surface area (TPSA) is 54.9 Å². The minimum absolute atomic E-state index is 0.256. The number of H-pyrrole nitrogens is 1. The van der Waals surface area contributed by atoms with E-state index in [4.69, 9.17) is 0 Å². The van der Waals surface area contributed by atoms with E-state index < -0.39 is 0 Å². The van der Waals surface area contributed by atoms with Crippen LogP contribution in [-0.4, -0.2) is 15.5 Å². The third-order valence-electron chi connectivity index (χ3n) is 1.61. The fourth-order valence-electron chi connectivity index (χ4n) is 1.12. The van der Waals surface area contributed by atoms with Gasteiger partial charge in [0, 0.05) is 6.92 Å². The number of nitrogens with zero attached hydrogens (tertiary/aromatic N) is 1. The molecule has 0 saturated carbocycles. The van der Waals surface area contributed by atoms with E-state index in [0.29, 0.717) is 4.83 Å². The Morgan fingerprint density at radius 1 is 1.67 bits per heavy atom. The molecule has 0 saturated heterocycles. The normalized spacial score (nSPS) is 10.8. The van der Waals surface area contributed by atoms with Crippen molar-refractivity contribution >= 4 is 27.6 Å². The summed E-state index contributed by atoms with van der Waals surface area (Å²) < 4.78 is 1.14. The van der Waals surface area contributed by atoms with E-state index in [1.54, 1.807) is 6.07 Å². The molecular weight excluding hydrogens is 176 g/mol. The monoisotopic (exact) mass is 182 g/mol. The lowest BCUT2D eigenvalue weighted by Crippen LogP contribution is -2.21. The second-order valence-electron chi connectivity index (χ2n) is 2.42. The maximum Gasteiger partial charge on any atom is 0.334 e. The molecule has 2 rings (SSSR count). The summed E-state index contributed by atoms with van der Waals surface area (Å²) in [6, 6.07) is 1.78. The minimum Gasteiger partial charge on any atom is -0.304 e. The number of hydrogen-bond donors (Lipinski definition) is 1. The number of fused-ring (bicyclic) bond motifs is 1. The number of thiophene rings is 1. The Morgan fingerprint density at radius 3 is 3.08 bits per heavy atom. The maximum atomic E-state index is 11.1. The first-order valence-corrected chi connectivity index (χ1v) is 4.27. The van der Waals surface area contributed by atoms with Crippen LogP contribution in [0.25, 0.3) is 10.3 Å².